The predicted molar refractivity (Wildman–Crippen MR) is 61.9 cm³/mol. The van der Waals surface area contributed by atoms with Crippen molar-refractivity contribution >= 4 is 6.21 Å². The predicted octanol–water partition coefficient (Wildman–Crippen LogP) is 1.83. The van der Waals surface area contributed by atoms with E-state index in [4.69, 9.17) is 4.74 Å². The van der Waals surface area contributed by atoms with E-state index in [9.17, 15) is 0 Å². The van der Waals surface area contributed by atoms with Crippen LogP contribution in [0, 0.1) is 5.41 Å². The summed E-state index contributed by atoms with van der Waals surface area (Å²) in [7, 11) is 0. The van der Waals surface area contributed by atoms with E-state index < -0.39 is 0 Å². The second kappa shape index (κ2) is 3.81. The molecule has 0 bridgehead atoms. The molecule has 2 saturated heterocycles. The molecule has 2 heterocycles. The Kier molecular flexibility index (Phi) is 2.65. The number of ether oxygens (including phenoxy) is 1. The van der Waals surface area contributed by atoms with Gasteiger partial charge in [0.15, 0.2) is 0 Å². The lowest BCUT2D eigenvalue weighted by molar-refractivity contribution is -0.180. The Balaban J connectivity index is 1.90. The Labute approximate surface area is 91.1 Å². The second-order valence-corrected chi connectivity index (χ2v) is 4.60. The molecule has 3 heteroatoms. The molecule has 0 aromatic rings. The summed E-state index contributed by atoms with van der Waals surface area (Å²) >= 11 is 0. The molecule has 2 aliphatic heterocycles. The van der Waals surface area contributed by atoms with Crippen LogP contribution < -0.4 is 0 Å². The van der Waals surface area contributed by atoms with Gasteiger partial charge in [-0.25, -0.2) is 4.99 Å². The van der Waals surface area contributed by atoms with Gasteiger partial charge >= 0.3 is 0 Å². The highest BCUT2D eigenvalue weighted by Gasteiger charge is 2.49. The molecule has 0 aromatic carbocycles. The summed E-state index contributed by atoms with van der Waals surface area (Å²) in [6.45, 7) is 11.8. The highest BCUT2D eigenvalue weighted by Crippen LogP contribution is 2.39. The third-order valence-electron chi connectivity index (χ3n) is 2.87. The average molecular weight is 206 g/mol. The fourth-order valence-corrected chi connectivity index (χ4v) is 2.01. The number of hydrogen-bond acceptors (Lipinski definition) is 3. The normalized spacial score (nSPS) is 24.1. The first kappa shape index (κ1) is 10.4. The Morgan fingerprint density at radius 1 is 1.47 bits per heavy atom. The summed E-state index contributed by atoms with van der Waals surface area (Å²) in [6.07, 6.45) is 3.86. The molecule has 0 atom stereocenters. The Morgan fingerprint density at radius 2 is 2.13 bits per heavy atom. The third-order valence-corrected chi connectivity index (χ3v) is 2.87. The summed E-state index contributed by atoms with van der Waals surface area (Å²) in [5.74, 6) is 1.05. The van der Waals surface area contributed by atoms with Gasteiger partial charge in [-0.2, -0.15) is 0 Å². The molecule has 82 valence electrons. The molecule has 0 aliphatic carbocycles. The van der Waals surface area contributed by atoms with Crippen LogP contribution in [0.2, 0.25) is 0 Å². The van der Waals surface area contributed by atoms with Gasteiger partial charge in [-0.05, 0) is 25.5 Å². The summed E-state index contributed by atoms with van der Waals surface area (Å²) in [4.78, 5) is 6.70. The van der Waals surface area contributed by atoms with Crippen LogP contribution in [0.3, 0.4) is 0 Å². The van der Waals surface area contributed by atoms with Gasteiger partial charge in [0.25, 0.3) is 0 Å². The van der Waals surface area contributed by atoms with Crippen LogP contribution in [0.5, 0.6) is 0 Å². The summed E-state index contributed by atoms with van der Waals surface area (Å²) in [5.41, 5.74) is 1.43. The highest BCUT2D eigenvalue weighted by atomic mass is 16.5. The number of hydrogen-bond donors (Lipinski definition) is 0. The molecule has 0 amide bonds. The van der Waals surface area contributed by atoms with Crippen molar-refractivity contribution in [3.8, 4) is 0 Å². The molecular formula is C12H18N2O. The summed E-state index contributed by atoms with van der Waals surface area (Å²) in [5, 5.41) is 0. The van der Waals surface area contributed by atoms with Crippen LogP contribution in [-0.2, 0) is 4.74 Å². The quantitative estimate of drug-likeness (QED) is 0.658. The lowest BCUT2D eigenvalue weighted by Gasteiger charge is -2.55. The van der Waals surface area contributed by atoms with E-state index in [1.807, 2.05) is 26.1 Å². The SMILES string of the molecule is C=C(C)/C=N\C(=C/C)N1CC2(COC2)C1. The van der Waals surface area contributed by atoms with Crippen LogP contribution in [0.4, 0.5) is 0 Å². The Bertz CT molecular complexity index is 319. The van der Waals surface area contributed by atoms with Crippen molar-refractivity contribution in [1.82, 2.24) is 4.90 Å². The van der Waals surface area contributed by atoms with Gasteiger partial charge in [0.05, 0.1) is 18.6 Å². The maximum absolute atomic E-state index is 5.24. The fourth-order valence-electron chi connectivity index (χ4n) is 2.01. The van der Waals surface area contributed by atoms with E-state index in [2.05, 4.69) is 16.5 Å². The lowest BCUT2D eigenvalue weighted by Crippen LogP contribution is -2.65. The molecule has 0 radical (unpaired) electrons. The fraction of sp³-hybridized carbons (Fsp3) is 0.583. The van der Waals surface area contributed by atoms with Crippen molar-refractivity contribution in [2.45, 2.75) is 13.8 Å². The monoisotopic (exact) mass is 206 g/mol. The first-order valence-corrected chi connectivity index (χ1v) is 5.34. The second-order valence-electron chi connectivity index (χ2n) is 4.60. The van der Waals surface area contributed by atoms with E-state index in [-0.39, 0.29) is 0 Å². The minimum atomic E-state index is 0.451. The van der Waals surface area contributed by atoms with Crippen molar-refractivity contribution in [3.63, 3.8) is 0 Å². The Hall–Kier alpha value is -1.09. The maximum Gasteiger partial charge on any atom is 0.124 e. The van der Waals surface area contributed by atoms with Gasteiger partial charge in [0, 0.05) is 19.3 Å². The van der Waals surface area contributed by atoms with E-state index in [1.165, 1.54) is 0 Å². The summed E-state index contributed by atoms with van der Waals surface area (Å²) in [6, 6.07) is 0. The molecule has 0 N–H and O–H groups in total. The van der Waals surface area contributed by atoms with Crippen molar-refractivity contribution < 1.29 is 4.74 Å². The van der Waals surface area contributed by atoms with Crippen molar-refractivity contribution in [2.24, 2.45) is 10.4 Å². The molecule has 2 aliphatic rings. The number of allylic oxidation sites excluding steroid dienone is 2. The summed E-state index contributed by atoms with van der Waals surface area (Å²) < 4.78 is 5.24. The lowest BCUT2D eigenvalue weighted by atomic mass is 9.78. The topological polar surface area (TPSA) is 24.8 Å². The van der Waals surface area contributed by atoms with E-state index in [0.717, 1.165) is 37.7 Å². The van der Waals surface area contributed by atoms with Crippen molar-refractivity contribution in [3.05, 3.63) is 24.0 Å². The van der Waals surface area contributed by atoms with E-state index in [0.29, 0.717) is 5.41 Å². The van der Waals surface area contributed by atoms with Crippen LogP contribution in [0.1, 0.15) is 13.8 Å². The number of nitrogens with zero attached hydrogens (tertiary/aromatic N) is 2. The smallest absolute Gasteiger partial charge is 0.124 e. The largest absolute Gasteiger partial charge is 0.380 e. The minimum absolute atomic E-state index is 0.451. The zero-order valence-corrected chi connectivity index (χ0v) is 9.49. The first-order valence-electron chi connectivity index (χ1n) is 5.34. The molecule has 0 unspecified atom stereocenters. The van der Waals surface area contributed by atoms with Crippen LogP contribution in [-0.4, -0.2) is 37.4 Å². The molecule has 0 aromatic heterocycles. The van der Waals surface area contributed by atoms with E-state index in [1.54, 1.807) is 0 Å². The zero-order valence-electron chi connectivity index (χ0n) is 9.49. The maximum atomic E-state index is 5.24. The van der Waals surface area contributed by atoms with Gasteiger partial charge in [-0.1, -0.05) is 6.58 Å². The third kappa shape index (κ3) is 1.97. The minimum Gasteiger partial charge on any atom is -0.380 e. The Morgan fingerprint density at radius 3 is 2.53 bits per heavy atom. The van der Waals surface area contributed by atoms with Gasteiger partial charge < -0.3 is 9.64 Å². The molecule has 3 nitrogen and oxygen atoms in total. The number of likely N-dealkylation sites (tertiary alicyclic amines) is 1. The molecule has 1 spiro atoms. The molecule has 2 fully saturated rings. The molecule has 2 rings (SSSR count). The van der Waals surface area contributed by atoms with Gasteiger partial charge in [0.2, 0.25) is 0 Å². The highest BCUT2D eigenvalue weighted by molar-refractivity contribution is 5.77. The van der Waals surface area contributed by atoms with Crippen molar-refractivity contribution in [1.29, 1.82) is 0 Å². The van der Waals surface area contributed by atoms with Crippen LogP contribution >= 0.6 is 0 Å². The number of aliphatic imine (C=N–C) groups is 1. The number of rotatable bonds is 3. The van der Waals surface area contributed by atoms with Gasteiger partial charge in [-0.15, -0.1) is 0 Å². The molecule has 15 heavy (non-hydrogen) atoms. The molecule has 0 saturated carbocycles. The van der Waals surface area contributed by atoms with Crippen molar-refractivity contribution in [2.75, 3.05) is 26.3 Å². The van der Waals surface area contributed by atoms with Gasteiger partial charge in [-0.3, -0.25) is 0 Å². The average Bonchev–Trinajstić information content (AvgIpc) is 2.04. The molecular weight excluding hydrogens is 188 g/mol. The van der Waals surface area contributed by atoms with E-state index >= 15 is 0 Å². The van der Waals surface area contributed by atoms with Crippen LogP contribution in [0.25, 0.3) is 0 Å². The van der Waals surface area contributed by atoms with Gasteiger partial charge in [0.1, 0.15) is 5.82 Å². The zero-order chi connectivity index (χ0) is 10.9. The first-order chi connectivity index (χ1) is 7.15. The van der Waals surface area contributed by atoms with Crippen LogP contribution in [0.15, 0.2) is 29.0 Å². The standard InChI is InChI=1S/C12H18N2O/c1-4-11(13-5-10(2)3)14-6-12(7-14)8-15-9-12/h4-5H,2,6-9H2,1,3H3/b11-4+,13-5-.